The summed E-state index contributed by atoms with van der Waals surface area (Å²) in [5.74, 6) is -0.0103. The van der Waals surface area contributed by atoms with Crippen LogP contribution in [0.3, 0.4) is 0 Å². The molecule has 5 heteroatoms. The van der Waals surface area contributed by atoms with Gasteiger partial charge in [0.2, 0.25) is 5.91 Å². The Morgan fingerprint density at radius 3 is 2.45 bits per heavy atom. The molecule has 0 bridgehead atoms. The highest BCUT2D eigenvalue weighted by Crippen LogP contribution is 2.37. The summed E-state index contributed by atoms with van der Waals surface area (Å²) in [6, 6.07) is 6.38. The predicted octanol–water partition coefficient (Wildman–Crippen LogP) is 2.80. The summed E-state index contributed by atoms with van der Waals surface area (Å²) in [5, 5.41) is 3.06. The van der Waals surface area contributed by atoms with E-state index >= 15 is 0 Å². The Kier molecular flexibility index (Phi) is 6.43. The number of carbonyl (C=O) groups is 1. The number of nitrogens with one attached hydrogen (secondary N) is 1. The lowest BCUT2D eigenvalue weighted by atomic mass is 9.77. The zero-order valence-corrected chi connectivity index (χ0v) is 12.5. The van der Waals surface area contributed by atoms with Crippen LogP contribution < -0.4 is 11.1 Å². The summed E-state index contributed by atoms with van der Waals surface area (Å²) >= 11 is 0. The molecule has 1 aromatic carbocycles. The van der Waals surface area contributed by atoms with Crippen LogP contribution in [0.5, 0.6) is 0 Å². The molecule has 2 rings (SSSR count). The second-order valence-corrected chi connectivity index (χ2v) is 5.37. The summed E-state index contributed by atoms with van der Waals surface area (Å²) in [6.45, 7) is 2.16. The second-order valence-electron chi connectivity index (χ2n) is 5.37. The maximum Gasteiger partial charge on any atom is 0.224 e. The third-order valence-corrected chi connectivity index (χ3v) is 3.95. The molecule has 0 aliphatic heterocycles. The summed E-state index contributed by atoms with van der Waals surface area (Å²) in [6.07, 6.45) is 3.42. The number of amides is 1. The van der Waals surface area contributed by atoms with Gasteiger partial charge in [0.05, 0.1) is 6.04 Å². The first-order valence-electron chi connectivity index (χ1n) is 6.87. The van der Waals surface area contributed by atoms with Gasteiger partial charge in [-0.2, -0.15) is 0 Å². The molecule has 112 valence electrons. The molecule has 3 N–H and O–H groups in total. The van der Waals surface area contributed by atoms with E-state index in [1.807, 2.05) is 6.92 Å². The summed E-state index contributed by atoms with van der Waals surface area (Å²) < 4.78 is 13.0. The number of carbonyl (C=O) groups excluding carboxylic acids is 1. The van der Waals surface area contributed by atoms with Crippen molar-refractivity contribution >= 4 is 18.3 Å². The van der Waals surface area contributed by atoms with Crippen LogP contribution in [0.15, 0.2) is 24.3 Å². The number of benzene rings is 1. The highest BCUT2D eigenvalue weighted by Gasteiger charge is 2.30. The van der Waals surface area contributed by atoms with Crippen molar-refractivity contribution in [3.63, 3.8) is 0 Å². The molecule has 0 radical (unpaired) electrons. The molecule has 0 heterocycles. The first kappa shape index (κ1) is 16.9. The van der Waals surface area contributed by atoms with E-state index in [0.717, 1.165) is 18.4 Å². The molecule has 2 unspecified atom stereocenters. The molecule has 20 heavy (non-hydrogen) atoms. The normalized spacial score (nSPS) is 17.6. The van der Waals surface area contributed by atoms with Crippen LogP contribution in [-0.2, 0) is 4.79 Å². The Morgan fingerprint density at radius 1 is 1.40 bits per heavy atom. The molecule has 1 aliphatic carbocycles. The minimum atomic E-state index is -0.252. The lowest BCUT2D eigenvalue weighted by Crippen LogP contribution is -2.40. The number of rotatable bonds is 5. The van der Waals surface area contributed by atoms with Gasteiger partial charge in [0, 0.05) is 12.5 Å². The van der Waals surface area contributed by atoms with Crippen LogP contribution in [0.1, 0.15) is 37.8 Å². The number of halogens is 2. The number of nitrogens with two attached hydrogens (primary N) is 1. The molecule has 1 aliphatic rings. The molecule has 0 spiro atoms. The molecule has 0 saturated heterocycles. The van der Waals surface area contributed by atoms with E-state index in [2.05, 4.69) is 5.32 Å². The summed E-state index contributed by atoms with van der Waals surface area (Å²) in [4.78, 5) is 12.0. The third kappa shape index (κ3) is 3.93. The summed E-state index contributed by atoms with van der Waals surface area (Å²) in [5.41, 5.74) is 6.50. The van der Waals surface area contributed by atoms with Gasteiger partial charge in [-0.25, -0.2) is 4.39 Å². The van der Waals surface area contributed by atoms with Crippen molar-refractivity contribution < 1.29 is 9.18 Å². The van der Waals surface area contributed by atoms with E-state index in [1.165, 1.54) is 18.6 Å². The minimum absolute atomic E-state index is 0. The first-order chi connectivity index (χ1) is 9.11. The van der Waals surface area contributed by atoms with E-state index in [-0.39, 0.29) is 36.1 Å². The van der Waals surface area contributed by atoms with Crippen LogP contribution in [0.25, 0.3) is 0 Å². The largest absolute Gasteiger partial charge is 0.349 e. The van der Waals surface area contributed by atoms with Crippen LogP contribution >= 0.6 is 12.4 Å². The van der Waals surface area contributed by atoms with E-state index in [0.29, 0.717) is 12.5 Å². The van der Waals surface area contributed by atoms with Gasteiger partial charge in [-0.05, 0) is 36.5 Å². The van der Waals surface area contributed by atoms with Gasteiger partial charge < -0.3 is 11.1 Å². The smallest absolute Gasteiger partial charge is 0.224 e. The van der Waals surface area contributed by atoms with Gasteiger partial charge in [0.15, 0.2) is 0 Å². The van der Waals surface area contributed by atoms with Crippen molar-refractivity contribution in [3.8, 4) is 0 Å². The van der Waals surface area contributed by atoms with Crippen LogP contribution in [0, 0.1) is 17.7 Å². The Labute approximate surface area is 125 Å². The van der Waals surface area contributed by atoms with Crippen molar-refractivity contribution in [2.75, 3.05) is 6.54 Å². The quantitative estimate of drug-likeness (QED) is 0.878. The third-order valence-electron chi connectivity index (χ3n) is 3.95. The highest BCUT2D eigenvalue weighted by atomic mass is 35.5. The maximum atomic E-state index is 13.0. The second kappa shape index (κ2) is 7.60. The van der Waals surface area contributed by atoms with Gasteiger partial charge in [0.25, 0.3) is 0 Å². The average Bonchev–Trinajstić information content (AvgIpc) is 2.35. The lowest BCUT2D eigenvalue weighted by Gasteiger charge is -2.35. The monoisotopic (exact) mass is 300 g/mol. The zero-order valence-electron chi connectivity index (χ0n) is 11.6. The fourth-order valence-corrected chi connectivity index (χ4v) is 2.32. The van der Waals surface area contributed by atoms with Crippen molar-refractivity contribution in [2.45, 2.75) is 32.2 Å². The molecular formula is C15H22ClFN2O. The Balaban J connectivity index is 0.00000200. The highest BCUT2D eigenvalue weighted by molar-refractivity contribution is 5.85. The number of hydrogen-bond acceptors (Lipinski definition) is 2. The van der Waals surface area contributed by atoms with Crippen molar-refractivity contribution in [1.29, 1.82) is 0 Å². The molecule has 1 fully saturated rings. The van der Waals surface area contributed by atoms with E-state index in [1.54, 1.807) is 12.1 Å². The number of hydrogen-bond donors (Lipinski definition) is 2. The molecule has 2 atom stereocenters. The molecule has 0 aromatic heterocycles. The van der Waals surface area contributed by atoms with E-state index in [4.69, 9.17) is 5.73 Å². The van der Waals surface area contributed by atoms with Crippen molar-refractivity contribution in [2.24, 2.45) is 17.6 Å². The topological polar surface area (TPSA) is 55.1 Å². The standard InChI is InChI=1S/C15H21FN2O.ClH/c1-10(9-17)15(19)18-14(11-3-2-4-11)12-5-7-13(16)8-6-12;/h5-8,10-11,14H,2-4,9,17H2,1H3,(H,18,19);1H. The van der Waals surface area contributed by atoms with Gasteiger partial charge in [-0.15, -0.1) is 12.4 Å². The molecule has 1 amide bonds. The van der Waals surface area contributed by atoms with Crippen LogP contribution in [0.2, 0.25) is 0 Å². The van der Waals surface area contributed by atoms with Gasteiger partial charge in [0.1, 0.15) is 5.82 Å². The van der Waals surface area contributed by atoms with Gasteiger partial charge >= 0.3 is 0 Å². The molecule has 1 saturated carbocycles. The Bertz CT molecular complexity index is 434. The van der Waals surface area contributed by atoms with Gasteiger partial charge in [-0.3, -0.25) is 4.79 Å². The Morgan fingerprint density at radius 2 is 2.00 bits per heavy atom. The lowest BCUT2D eigenvalue weighted by molar-refractivity contribution is -0.125. The first-order valence-corrected chi connectivity index (χ1v) is 6.87. The van der Waals surface area contributed by atoms with Crippen molar-refractivity contribution in [3.05, 3.63) is 35.6 Å². The fourth-order valence-electron chi connectivity index (χ4n) is 2.32. The summed E-state index contributed by atoms with van der Waals surface area (Å²) in [7, 11) is 0. The van der Waals surface area contributed by atoms with Crippen LogP contribution in [0.4, 0.5) is 4.39 Å². The van der Waals surface area contributed by atoms with Crippen molar-refractivity contribution in [1.82, 2.24) is 5.32 Å². The fraction of sp³-hybridized carbons (Fsp3) is 0.533. The van der Waals surface area contributed by atoms with E-state index in [9.17, 15) is 9.18 Å². The molecule has 1 aromatic rings. The molecule has 3 nitrogen and oxygen atoms in total. The molecular weight excluding hydrogens is 279 g/mol. The average molecular weight is 301 g/mol. The van der Waals surface area contributed by atoms with Gasteiger partial charge in [-0.1, -0.05) is 25.5 Å². The van der Waals surface area contributed by atoms with Crippen LogP contribution in [-0.4, -0.2) is 12.5 Å². The zero-order chi connectivity index (χ0) is 13.8. The Hall–Kier alpha value is -1.13. The van der Waals surface area contributed by atoms with E-state index < -0.39 is 0 Å². The predicted molar refractivity (Wildman–Crippen MR) is 80.1 cm³/mol. The minimum Gasteiger partial charge on any atom is -0.349 e. The SMILES string of the molecule is CC(CN)C(=O)NC(c1ccc(F)cc1)C1CCC1.Cl. The maximum absolute atomic E-state index is 13.0.